The Hall–Kier alpha value is -1.14. The number of morpholine rings is 1. The summed E-state index contributed by atoms with van der Waals surface area (Å²) in [6.45, 7) is 6.87. The van der Waals surface area contributed by atoms with Crippen molar-refractivity contribution in [2.45, 2.75) is 25.8 Å². The lowest BCUT2D eigenvalue weighted by Crippen LogP contribution is -2.43. The number of carbonyl (C=O) groups is 2. The van der Waals surface area contributed by atoms with Crippen LogP contribution in [0.5, 0.6) is 0 Å². The third kappa shape index (κ3) is 3.67. The Kier molecular flexibility index (Phi) is 4.76. The molecule has 2 unspecified atom stereocenters. The summed E-state index contributed by atoms with van der Waals surface area (Å²) in [5.74, 6) is -0.610. The molecule has 108 valence electrons. The first kappa shape index (κ1) is 14.3. The smallest absolute Gasteiger partial charge is 0.223 e. The molecule has 2 atom stereocenters. The molecule has 2 fully saturated rings. The molecule has 0 spiro atoms. The molecule has 0 aromatic rings. The summed E-state index contributed by atoms with van der Waals surface area (Å²) < 4.78 is 5.33. The summed E-state index contributed by atoms with van der Waals surface area (Å²) in [6, 6.07) is 0.435. The predicted octanol–water partition coefficient (Wildman–Crippen LogP) is -0.569. The summed E-state index contributed by atoms with van der Waals surface area (Å²) >= 11 is 0. The number of likely N-dealkylation sites (tertiary alicyclic amines) is 1. The SMILES string of the molecule is CC(CCN1CC(C(N)=O)CC1=O)N1CCOCC1. The number of carbonyl (C=O) groups excluding carboxylic acids is 2. The van der Waals surface area contributed by atoms with Crippen LogP contribution in [-0.2, 0) is 14.3 Å². The molecule has 6 heteroatoms. The van der Waals surface area contributed by atoms with Gasteiger partial charge in [0, 0.05) is 38.6 Å². The van der Waals surface area contributed by atoms with Crippen LogP contribution in [0.2, 0.25) is 0 Å². The number of nitrogens with two attached hydrogens (primary N) is 1. The van der Waals surface area contributed by atoms with E-state index < -0.39 is 0 Å². The molecule has 2 heterocycles. The van der Waals surface area contributed by atoms with Gasteiger partial charge in [-0.15, -0.1) is 0 Å². The van der Waals surface area contributed by atoms with Gasteiger partial charge in [0.25, 0.3) is 0 Å². The quantitative estimate of drug-likeness (QED) is 0.725. The van der Waals surface area contributed by atoms with Gasteiger partial charge in [0.2, 0.25) is 11.8 Å². The summed E-state index contributed by atoms with van der Waals surface area (Å²) in [6.07, 6.45) is 1.21. The first-order valence-electron chi connectivity index (χ1n) is 6.97. The van der Waals surface area contributed by atoms with Crippen LogP contribution in [0, 0.1) is 5.92 Å². The second kappa shape index (κ2) is 6.34. The molecule has 2 aliphatic rings. The molecule has 0 aromatic carbocycles. The summed E-state index contributed by atoms with van der Waals surface area (Å²) in [7, 11) is 0. The van der Waals surface area contributed by atoms with Crippen LogP contribution in [-0.4, -0.2) is 67.0 Å². The van der Waals surface area contributed by atoms with Gasteiger partial charge in [-0.1, -0.05) is 0 Å². The highest BCUT2D eigenvalue weighted by molar-refractivity contribution is 5.88. The van der Waals surface area contributed by atoms with Gasteiger partial charge in [-0.05, 0) is 13.3 Å². The molecule has 0 aromatic heterocycles. The lowest BCUT2D eigenvalue weighted by atomic mass is 10.1. The van der Waals surface area contributed by atoms with E-state index in [2.05, 4.69) is 11.8 Å². The highest BCUT2D eigenvalue weighted by Gasteiger charge is 2.33. The van der Waals surface area contributed by atoms with E-state index in [1.165, 1.54) is 0 Å². The molecule has 2 saturated heterocycles. The Morgan fingerprint density at radius 3 is 2.74 bits per heavy atom. The number of nitrogens with zero attached hydrogens (tertiary/aromatic N) is 2. The van der Waals surface area contributed by atoms with Gasteiger partial charge in [0.15, 0.2) is 0 Å². The maximum absolute atomic E-state index is 11.8. The van der Waals surface area contributed by atoms with Gasteiger partial charge >= 0.3 is 0 Å². The van der Waals surface area contributed by atoms with Crippen molar-refractivity contribution in [1.82, 2.24) is 9.80 Å². The number of amides is 2. The molecular formula is C13H23N3O3. The molecule has 6 nitrogen and oxygen atoms in total. The predicted molar refractivity (Wildman–Crippen MR) is 70.4 cm³/mol. The topological polar surface area (TPSA) is 75.9 Å². The molecule has 19 heavy (non-hydrogen) atoms. The Labute approximate surface area is 113 Å². The fourth-order valence-corrected chi connectivity index (χ4v) is 2.72. The fourth-order valence-electron chi connectivity index (χ4n) is 2.72. The number of hydrogen-bond acceptors (Lipinski definition) is 4. The largest absolute Gasteiger partial charge is 0.379 e. The monoisotopic (exact) mass is 269 g/mol. The third-order valence-electron chi connectivity index (χ3n) is 4.10. The van der Waals surface area contributed by atoms with E-state index in [9.17, 15) is 9.59 Å². The number of rotatable bonds is 5. The van der Waals surface area contributed by atoms with Crippen LogP contribution in [0.4, 0.5) is 0 Å². The second-order valence-electron chi connectivity index (χ2n) is 5.43. The van der Waals surface area contributed by atoms with E-state index >= 15 is 0 Å². The molecule has 0 aliphatic carbocycles. The maximum atomic E-state index is 11.8. The van der Waals surface area contributed by atoms with Gasteiger partial charge in [-0.2, -0.15) is 0 Å². The minimum Gasteiger partial charge on any atom is -0.379 e. The fraction of sp³-hybridized carbons (Fsp3) is 0.846. The van der Waals surface area contributed by atoms with Crippen LogP contribution < -0.4 is 5.73 Å². The number of hydrogen-bond donors (Lipinski definition) is 1. The zero-order valence-electron chi connectivity index (χ0n) is 11.5. The van der Waals surface area contributed by atoms with Crippen molar-refractivity contribution in [3.8, 4) is 0 Å². The Bertz CT molecular complexity index is 342. The lowest BCUT2D eigenvalue weighted by Gasteiger charge is -2.33. The van der Waals surface area contributed by atoms with E-state index in [-0.39, 0.29) is 24.2 Å². The lowest BCUT2D eigenvalue weighted by molar-refractivity contribution is -0.128. The molecule has 0 radical (unpaired) electrons. The van der Waals surface area contributed by atoms with Gasteiger partial charge in [-0.25, -0.2) is 0 Å². The highest BCUT2D eigenvalue weighted by Crippen LogP contribution is 2.18. The van der Waals surface area contributed by atoms with E-state index in [1.807, 2.05) is 0 Å². The van der Waals surface area contributed by atoms with Crippen molar-refractivity contribution < 1.29 is 14.3 Å². The minimum atomic E-state index is -0.364. The molecule has 2 N–H and O–H groups in total. The van der Waals surface area contributed by atoms with E-state index in [1.54, 1.807) is 4.90 Å². The molecule has 0 bridgehead atoms. The van der Waals surface area contributed by atoms with Crippen LogP contribution in [0.1, 0.15) is 19.8 Å². The molecule has 2 aliphatic heterocycles. The minimum absolute atomic E-state index is 0.0537. The highest BCUT2D eigenvalue weighted by atomic mass is 16.5. The van der Waals surface area contributed by atoms with Gasteiger partial charge < -0.3 is 15.4 Å². The van der Waals surface area contributed by atoms with Crippen molar-refractivity contribution in [2.75, 3.05) is 39.4 Å². The summed E-state index contributed by atoms with van der Waals surface area (Å²) in [5, 5.41) is 0. The second-order valence-corrected chi connectivity index (χ2v) is 5.43. The van der Waals surface area contributed by atoms with Crippen LogP contribution in [0.3, 0.4) is 0 Å². The van der Waals surface area contributed by atoms with Crippen LogP contribution in [0.15, 0.2) is 0 Å². The average molecular weight is 269 g/mol. The number of primary amides is 1. The van der Waals surface area contributed by atoms with Crippen LogP contribution in [0.25, 0.3) is 0 Å². The third-order valence-corrected chi connectivity index (χ3v) is 4.10. The van der Waals surface area contributed by atoms with Crippen molar-refractivity contribution in [1.29, 1.82) is 0 Å². The van der Waals surface area contributed by atoms with Crippen molar-refractivity contribution >= 4 is 11.8 Å². The average Bonchev–Trinajstić information content (AvgIpc) is 2.79. The van der Waals surface area contributed by atoms with Gasteiger partial charge in [-0.3, -0.25) is 14.5 Å². The Morgan fingerprint density at radius 1 is 1.47 bits per heavy atom. The van der Waals surface area contributed by atoms with Crippen LogP contribution >= 0.6 is 0 Å². The standard InChI is InChI=1S/C13H23N3O3/c1-10(15-4-6-19-7-5-15)2-3-16-9-11(13(14)18)8-12(16)17/h10-11H,2-9H2,1H3,(H2,14,18). The molecule has 2 rings (SSSR count). The van der Waals surface area contributed by atoms with Crippen molar-refractivity contribution in [3.63, 3.8) is 0 Å². The summed E-state index contributed by atoms with van der Waals surface area (Å²) in [5.41, 5.74) is 5.26. The van der Waals surface area contributed by atoms with Crippen molar-refractivity contribution in [2.24, 2.45) is 11.7 Å². The van der Waals surface area contributed by atoms with Crippen molar-refractivity contribution in [3.05, 3.63) is 0 Å². The first-order chi connectivity index (χ1) is 9.08. The summed E-state index contributed by atoms with van der Waals surface area (Å²) in [4.78, 5) is 27.0. The molecular weight excluding hydrogens is 246 g/mol. The van der Waals surface area contributed by atoms with Gasteiger partial charge in [0.05, 0.1) is 19.1 Å². The molecule has 2 amide bonds. The number of ether oxygens (including phenoxy) is 1. The van der Waals surface area contributed by atoms with E-state index in [0.29, 0.717) is 19.1 Å². The molecule has 0 saturated carbocycles. The Balaban J connectivity index is 1.75. The normalized spacial score (nSPS) is 26.7. The van der Waals surface area contributed by atoms with E-state index in [0.717, 1.165) is 32.7 Å². The Morgan fingerprint density at radius 2 is 2.16 bits per heavy atom. The zero-order chi connectivity index (χ0) is 13.8. The van der Waals surface area contributed by atoms with Gasteiger partial charge in [0.1, 0.15) is 0 Å². The zero-order valence-corrected chi connectivity index (χ0v) is 11.5. The first-order valence-corrected chi connectivity index (χ1v) is 6.97. The maximum Gasteiger partial charge on any atom is 0.223 e. The van der Waals surface area contributed by atoms with E-state index in [4.69, 9.17) is 10.5 Å².